The third kappa shape index (κ3) is 3.15. The van der Waals surface area contributed by atoms with Crippen LogP contribution in [0.2, 0.25) is 0 Å². The molecule has 7 nitrogen and oxygen atoms in total. The molecule has 2 aromatic carbocycles. The number of para-hydroxylation sites is 2. The maximum Gasteiger partial charge on any atom is 0.231 e. The number of anilines is 1. The zero-order valence-corrected chi connectivity index (χ0v) is 14.0. The Labute approximate surface area is 150 Å². The van der Waals surface area contributed by atoms with Crippen LogP contribution in [0.4, 0.5) is 5.69 Å². The van der Waals surface area contributed by atoms with Crippen LogP contribution >= 0.6 is 0 Å². The number of hydrogen-bond acceptors (Lipinski definition) is 5. The Morgan fingerprint density at radius 3 is 2.85 bits per heavy atom. The van der Waals surface area contributed by atoms with Crippen molar-refractivity contribution in [2.24, 2.45) is 5.92 Å². The molecule has 2 heterocycles. The Kier molecular flexibility index (Phi) is 4.12. The first-order valence-electron chi connectivity index (χ1n) is 8.35. The van der Waals surface area contributed by atoms with Gasteiger partial charge in [-0.25, -0.2) is 0 Å². The lowest BCUT2D eigenvalue weighted by Gasteiger charge is -2.17. The van der Waals surface area contributed by atoms with E-state index < -0.39 is 5.92 Å². The first-order chi connectivity index (χ1) is 12.6. The van der Waals surface area contributed by atoms with Crippen molar-refractivity contribution in [3.63, 3.8) is 0 Å². The highest BCUT2D eigenvalue weighted by Gasteiger charge is 2.34. The van der Waals surface area contributed by atoms with Gasteiger partial charge < -0.3 is 24.8 Å². The number of nitrogens with one attached hydrogen (secondary N) is 1. The Hall–Kier alpha value is -3.22. The van der Waals surface area contributed by atoms with Crippen molar-refractivity contribution in [2.45, 2.75) is 13.0 Å². The maximum absolute atomic E-state index is 12.4. The van der Waals surface area contributed by atoms with Crippen molar-refractivity contribution in [1.82, 2.24) is 4.90 Å². The zero-order valence-electron chi connectivity index (χ0n) is 14.0. The SMILES string of the molecule is O=C(Nc1ccccc1O)C1CC(=O)N(Cc2ccc3c(c2)OCO3)C1. The number of hydrogen-bond donors (Lipinski definition) is 2. The standard InChI is InChI=1S/C19H18N2O5/c22-15-4-2-1-3-14(15)20-19(24)13-8-18(23)21(10-13)9-12-5-6-16-17(7-12)26-11-25-16/h1-7,13,22H,8-11H2,(H,20,24). The Morgan fingerprint density at radius 2 is 2.00 bits per heavy atom. The van der Waals surface area contributed by atoms with Gasteiger partial charge in [-0.15, -0.1) is 0 Å². The molecule has 26 heavy (non-hydrogen) atoms. The van der Waals surface area contributed by atoms with E-state index in [9.17, 15) is 14.7 Å². The van der Waals surface area contributed by atoms with Gasteiger partial charge in [0.25, 0.3) is 0 Å². The number of aromatic hydroxyl groups is 1. The first-order valence-corrected chi connectivity index (χ1v) is 8.35. The van der Waals surface area contributed by atoms with Gasteiger partial charge in [-0.2, -0.15) is 0 Å². The molecule has 0 aromatic heterocycles. The van der Waals surface area contributed by atoms with E-state index in [4.69, 9.17) is 9.47 Å². The average molecular weight is 354 g/mol. The van der Waals surface area contributed by atoms with Gasteiger partial charge in [0.1, 0.15) is 5.75 Å². The van der Waals surface area contributed by atoms with Crippen molar-refractivity contribution in [2.75, 3.05) is 18.7 Å². The van der Waals surface area contributed by atoms with E-state index in [0.29, 0.717) is 30.3 Å². The number of amides is 2. The smallest absolute Gasteiger partial charge is 0.231 e. The molecule has 7 heteroatoms. The number of phenolic OH excluding ortho intramolecular Hbond substituents is 1. The van der Waals surface area contributed by atoms with Gasteiger partial charge in [-0.3, -0.25) is 9.59 Å². The number of carbonyl (C=O) groups is 2. The summed E-state index contributed by atoms with van der Waals surface area (Å²) in [7, 11) is 0. The lowest BCUT2D eigenvalue weighted by molar-refractivity contribution is -0.128. The third-order valence-electron chi connectivity index (χ3n) is 4.56. The van der Waals surface area contributed by atoms with Crippen molar-refractivity contribution in [3.05, 3.63) is 48.0 Å². The van der Waals surface area contributed by atoms with Crippen LogP contribution in [0.3, 0.4) is 0 Å². The number of nitrogens with zero attached hydrogens (tertiary/aromatic N) is 1. The minimum Gasteiger partial charge on any atom is -0.506 e. The maximum atomic E-state index is 12.4. The summed E-state index contributed by atoms with van der Waals surface area (Å²) in [6.07, 6.45) is 0.157. The molecule has 2 amide bonds. The van der Waals surface area contributed by atoms with E-state index in [1.165, 1.54) is 6.07 Å². The second-order valence-corrected chi connectivity index (χ2v) is 6.37. The second kappa shape index (κ2) is 6.59. The van der Waals surface area contributed by atoms with Crippen molar-refractivity contribution in [3.8, 4) is 17.2 Å². The number of carbonyl (C=O) groups excluding carboxylic acids is 2. The normalized spacial score (nSPS) is 18.2. The molecule has 0 bridgehead atoms. The van der Waals surface area contributed by atoms with Crippen LogP contribution in [-0.4, -0.2) is 35.2 Å². The number of fused-ring (bicyclic) bond motifs is 1. The van der Waals surface area contributed by atoms with Gasteiger partial charge >= 0.3 is 0 Å². The molecule has 0 saturated carbocycles. The van der Waals surface area contributed by atoms with E-state index >= 15 is 0 Å². The van der Waals surface area contributed by atoms with Gasteiger partial charge in [0.05, 0.1) is 11.6 Å². The van der Waals surface area contributed by atoms with Crippen LogP contribution in [-0.2, 0) is 16.1 Å². The topological polar surface area (TPSA) is 88.1 Å². The van der Waals surface area contributed by atoms with Gasteiger partial charge in [0.15, 0.2) is 11.5 Å². The van der Waals surface area contributed by atoms with E-state index in [2.05, 4.69) is 5.32 Å². The predicted molar refractivity (Wildman–Crippen MR) is 92.8 cm³/mol. The molecule has 2 N–H and O–H groups in total. The summed E-state index contributed by atoms with van der Waals surface area (Å²) >= 11 is 0. The quantitative estimate of drug-likeness (QED) is 0.821. The zero-order chi connectivity index (χ0) is 18.1. The van der Waals surface area contributed by atoms with Crippen LogP contribution in [0.15, 0.2) is 42.5 Å². The van der Waals surface area contributed by atoms with Crippen LogP contribution in [0, 0.1) is 5.92 Å². The first kappa shape index (κ1) is 16.3. The summed E-state index contributed by atoms with van der Waals surface area (Å²) in [6, 6.07) is 12.1. The van der Waals surface area contributed by atoms with E-state index in [1.54, 1.807) is 23.1 Å². The second-order valence-electron chi connectivity index (χ2n) is 6.37. The Morgan fingerprint density at radius 1 is 1.19 bits per heavy atom. The molecule has 0 aliphatic carbocycles. The van der Waals surface area contributed by atoms with E-state index in [1.807, 2.05) is 18.2 Å². The van der Waals surface area contributed by atoms with Crippen LogP contribution < -0.4 is 14.8 Å². The average Bonchev–Trinajstić information content (AvgIpc) is 3.23. The summed E-state index contributed by atoms with van der Waals surface area (Å²) in [5, 5.41) is 12.5. The molecule has 2 aliphatic rings. The number of likely N-dealkylation sites (tertiary alicyclic amines) is 1. The monoisotopic (exact) mass is 354 g/mol. The molecule has 4 rings (SSSR count). The van der Waals surface area contributed by atoms with Crippen molar-refractivity contribution >= 4 is 17.5 Å². The minimum absolute atomic E-state index is 0.00221. The highest BCUT2D eigenvalue weighted by Crippen LogP contribution is 2.33. The molecule has 1 atom stereocenters. The molecular formula is C19H18N2O5. The number of phenols is 1. The summed E-state index contributed by atoms with van der Waals surface area (Å²) < 4.78 is 10.6. The number of ether oxygens (including phenoxy) is 2. The van der Waals surface area contributed by atoms with E-state index in [-0.39, 0.29) is 30.8 Å². The van der Waals surface area contributed by atoms with Gasteiger partial charge in [0, 0.05) is 19.5 Å². The van der Waals surface area contributed by atoms with Crippen molar-refractivity contribution < 1.29 is 24.2 Å². The lowest BCUT2D eigenvalue weighted by atomic mass is 10.1. The highest BCUT2D eigenvalue weighted by atomic mass is 16.7. The fourth-order valence-electron chi connectivity index (χ4n) is 3.17. The molecule has 1 unspecified atom stereocenters. The summed E-state index contributed by atoms with van der Waals surface area (Å²) in [6.45, 7) is 0.957. The van der Waals surface area contributed by atoms with Crippen LogP contribution in [0.1, 0.15) is 12.0 Å². The fourth-order valence-corrected chi connectivity index (χ4v) is 3.17. The fraction of sp³-hybridized carbons (Fsp3) is 0.263. The highest BCUT2D eigenvalue weighted by molar-refractivity contribution is 5.98. The van der Waals surface area contributed by atoms with Crippen molar-refractivity contribution in [1.29, 1.82) is 0 Å². The van der Waals surface area contributed by atoms with Gasteiger partial charge in [0.2, 0.25) is 18.6 Å². The lowest BCUT2D eigenvalue weighted by Crippen LogP contribution is -2.28. The molecule has 0 spiro atoms. The molecule has 2 aromatic rings. The minimum atomic E-state index is -0.448. The molecular weight excluding hydrogens is 336 g/mol. The largest absolute Gasteiger partial charge is 0.506 e. The molecule has 134 valence electrons. The predicted octanol–water partition coefficient (Wildman–Crippen LogP) is 2.11. The molecule has 1 saturated heterocycles. The van der Waals surface area contributed by atoms with Crippen LogP contribution in [0.25, 0.3) is 0 Å². The Bertz CT molecular complexity index is 867. The van der Waals surface area contributed by atoms with E-state index in [0.717, 1.165) is 5.56 Å². The van der Waals surface area contributed by atoms with Gasteiger partial charge in [-0.1, -0.05) is 18.2 Å². The summed E-state index contributed by atoms with van der Waals surface area (Å²) in [4.78, 5) is 26.4. The molecule has 0 radical (unpaired) electrons. The number of rotatable bonds is 4. The molecule has 2 aliphatic heterocycles. The Balaban J connectivity index is 1.40. The molecule has 1 fully saturated rings. The van der Waals surface area contributed by atoms with Gasteiger partial charge in [-0.05, 0) is 29.8 Å². The summed E-state index contributed by atoms with van der Waals surface area (Å²) in [5.41, 5.74) is 1.27. The third-order valence-corrected chi connectivity index (χ3v) is 4.56. The van der Waals surface area contributed by atoms with Crippen LogP contribution in [0.5, 0.6) is 17.2 Å². The summed E-state index contributed by atoms with van der Waals surface area (Å²) in [5.74, 6) is 0.580. The number of benzene rings is 2.